The number of nitrogens with one attached hydrogen (secondary N) is 2. The Hall–Kier alpha value is -4.52. The molecule has 10 heteroatoms. The van der Waals surface area contributed by atoms with Crippen molar-refractivity contribution in [1.29, 1.82) is 5.26 Å². The van der Waals surface area contributed by atoms with Crippen LogP contribution < -0.4 is 10.6 Å². The normalized spacial score (nSPS) is 15.4. The first-order valence-corrected chi connectivity index (χ1v) is 14.5. The lowest BCUT2D eigenvalue weighted by molar-refractivity contribution is -0.0501. The summed E-state index contributed by atoms with van der Waals surface area (Å²) in [7, 11) is 0. The Labute approximate surface area is 249 Å². The molecule has 5 aromatic rings. The maximum atomic E-state index is 10.7. The lowest BCUT2D eigenvalue weighted by Gasteiger charge is -2.36. The van der Waals surface area contributed by atoms with Gasteiger partial charge in [0.05, 0.1) is 52.2 Å². The quantitative estimate of drug-likeness (QED) is 0.173. The van der Waals surface area contributed by atoms with Crippen LogP contribution in [0.15, 0.2) is 79.4 Å². The summed E-state index contributed by atoms with van der Waals surface area (Å²) in [6.07, 6.45) is 10.3. The van der Waals surface area contributed by atoms with Crippen molar-refractivity contribution in [3.8, 4) is 6.07 Å². The van der Waals surface area contributed by atoms with E-state index in [1.807, 2.05) is 48.7 Å². The van der Waals surface area contributed by atoms with Gasteiger partial charge in [0.2, 0.25) is 0 Å². The van der Waals surface area contributed by atoms with Gasteiger partial charge in [-0.2, -0.15) is 5.26 Å². The van der Waals surface area contributed by atoms with Crippen LogP contribution in [0.1, 0.15) is 67.1 Å². The average Bonchev–Trinajstić information content (AvgIpc) is 3.46. The highest BCUT2D eigenvalue weighted by molar-refractivity contribution is 6.35. The van der Waals surface area contributed by atoms with Crippen LogP contribution in [0.5, 0.6) is 0 Å². The first kappa shape index (κ1) is 27.6. The van der Waals surface area contributed by atoms with Crippen LogP contribution in [0, 0.1) is 11.3 Å². The van der Waals surface area contributed by atoms with Gasteiger partial charge < -0.3 is 15.7 Å². The predicted molar refractivity (Wildman–Crippen MR) is 163 cm³/mol. The number of rotatable bonds is 10. The number of nitriles is 1. The number of aliphatic hydroxyl groups is 1. The second-order valence-electron chi connectivity index (χ2n) is 10.8. The summed E-state index contributed by atoms with van der Waals surface area (Å²) in [5.41, 5.74) is 4.41. The van der Waals surface area contributed by atoms with Gasteiger partial charge in [-0.15, -0.1) is 5.10 Å². The molecule has 0 radical (unpaired) electrons. The zero-order chi connectivity index (χ0) is 29.1. The smallest absolute Gasteiger partial charge is 0.110 e. The Morgan fingerprint density at radius 1 is 1.10 bits per heavy atom. The number of pyridine rings is 2. The SMILES string of the molecule is CCC(Nc1c(C#N)cnc2c(Cl)cc(NC(c3cccnc3)c3cn(CC4(O)CCC4)nn3)cc12)c1ccccc1. The number of nitrogens with zero attached hydrogens (tertiary/aromatic N) is 6. The maximum Gasteiger partial charge on any atom is 0.110 e. The predicted octanol–water partition coefficient (Wildman–Crippen LogP) is 6.43. The summed E-state index contributed by atoms with van der Waals surface area (Å²) in [5, 5.41) is 37.8. The van der Waals surface area contributed by atoms with Crippen LogP contribution in [0.25, 0.3) is 10.9 Å². The summed E-state index contributed by atoms with van der Waals surface area (Å²) >= 11 is 6.81. The van der Waals surface area contributed by atoms with Crippen molar-refractivity contribution in [1.82, 2.24) is 25.0 Å². The van der Waals surface area contributed by atoms with Gasteiger partial charge in [-0.05, 0) is 55.0 Å². The summed E-state index contributed by atoms with van der Waals surface area (Å²) in [5.74, 6) is 0. The van der Waals surface area contributed by atoms with Crippen molar-refractivity contribution < 1.29 is 5.11 Å². The van der Waals surface area contributed by atoms with Gasteiger partial charge in [0.1, 0.15) is 11.8 Å². The molecule has 0 amide bonds. The fourth-order valence-electron chi connectivity index (χ4n) is 5.47. The van der Waals surface area contributed by atoms with E-state index in [0.29, 0.717) is 34.0 Å². The Morgan fingerprint density at radius 3 is 2.60 bits per heavy atom. The minimum absolute atomic E-state index is 0.0112. The van der Waals surface area contributed by atoms with Crippen molar-refractivity contribution in [2.75, 3.05) is 10.6 Å². The molecule has 0 saturated heterocycles. The first-order valence-electron chi connectivity index (χ1n) is 14.1. The van der Waals surface area contributed by atoms with Crippen molar-refractivity contribution in [2.24, 2.45) is 0 Å². The highest BCUT2D eigenvalue weighted by Crippen LogP contribution is 2.37. The zero-order valence-corrected chi connectivity index (χ0v) is 24.0. The van der Waals surface area contributed by atoms with E-state index in [9.17, 15) is 10.4 Å². The van der Waals surface area contributed by atoms with Crippen LogP contribution in [0.2, 0.25) is 5.02 Å². The van der Waals surface area contributed by atoms with E-state index in [0.717, 1.165) is 47.9 Å². The number of aromatic nitrogens is 5. The number of hydrogen-bond acceptors (Lipinski definition) is 8. The Kier molecular flexibility index (Phi) is 7.74. The van der Waals surface area contributed by atoms with Gasteiger partial charge in [-0.3, -0.25) is 9.97 Å². The Balaban J connectivity index is 1.39. The molecule has 42 heavy (non-hydrogen) atoms. The molecule has 1 fully saturated rings. The standard InChI is InChI=1S/C32H31ClN8O/c1-2-27(21-8-4-3-5-9-21)38-29-23(16-34)18-36-31-25(29)14-24(15-26(31)33)37-30(22-10-6-13-35-17-22)28-19-41(40-39-28)20-32(42)11-7-12-32/h3-6,8-10,13-15,17-19,27,30,37,42H,2,7,11-12,20H2,1H3,(H,36,38). The van der Waals surface area contributed by atoms with Crippen molar-refractivity contribution in [3.05, 3.63) is 107 Å². The third kappa shape index (κ3) is 5.64. The molecule has 3 N–H and O–H groups in total. The molecule has 0 bridgehead atoms. The second kappa shape index (κ2) is 11.8. The van der Waals surface area contributed by atoms with Crippen molar-refractivity contribution in [3.63, 3.8) is 0 Å². The monoisotopic (exact) mass is 578 g/mol. The number of benzene rings is 2. The maximum absolute atomic E-state index is 10.7. The van der Waals surface area contributed by atoms with E-state index in [-0.39, 0.29) is 6.04 Å². The molecule has 212 valence electrons. The van der Waals surface area contributed by atoms with Crippen LogP contribution >= 0.6 is 11.6 Å². The van der Waals surface area contributed by atoms with Crippen LogP contribution in [-0.2, 0) is 6.54 Å². The molecule has 0 aliphatic heterocycles. The molecule has 2 atom stereocenters. The van der Waals surface area contributed by atoms with Gasteiger partial charge in [-0.1, -0.05) is 60.1 Å². The van der Waals surface area contributed by atoms with Crippen molar-refractivity contribution >= 4 is 33.9 Å². The summed E-state index contributed by atoms with van der Waals surface area (Å²) in [6.45, 7) is 2.51. The van der Waals surface area contributed by atoms with E-state index in [2.05, 4.69) is 56.0 Å². The second-order valence-corrected chi connectivity index (χ2v) is 11.2. The molecule has 1 aliphatic rings. The van der Waals surface area contributed by atoms with Gasteiger partial charge >= 0.3 is 0 Å². The molecular formula is C32H31ClN8O. The Morgan fingerprint density at radius 2 is 1.90 bits per heavy atom. The van der Waals surface area contributed by atoms with E-state index in [4.69, 9.17) is 11.6 Å². The third-order valence-corrected chi connectivity index (χ3v) is 8.18. The fourth-order valence-corrected chi connectivity index (χ4v) is 5.74. The minimum atomic E-state index is -0.723. The lowest BCUT2D eigenvalue weighted by atomic mass is 9.80. The fraction of sp³-hybridized carbons (Fsp3) is 0.281. The average molecular weight is 579 g/mol. The summed E-state index contributed by atoms with van der Waals surface area (Å²) < 4.78 is 1.70. The molecule has 2 unspecified atom stereocenters. The van der Waals surface area contributed by atoms with E-state index in [1.54, 1.807) is 23.3 Å². The molecule has 3 heterocycles. The number of fused-ring (bicyclic) bond motifs is 1. The zero-order valence-electron chi connectivity index (χ0n) is 23.2. The van der Waals surface area contributed by atoms with Crippen molar-refractivity contribution in [2.45, 2.75) is 56.8 Å². The minimum Gasteiger partial charge on any atom is -0.388 e. The highest BCUT2D eigenvalue weighted by atomic mass is 35.5. The van der Waals surface area contributed by atoms with E-state index < -0.39 is 11.6 Å². The number of halogens is 1. The molecule has 3 aromatic heterocycles. The summed E-state index contributed by atoms with van der Waals surface area (Å²) in [4.78, 5) is 8.84. The Bertz CT molecular complexity index is 1730. The van der Waals surface area contributed by atoms with Gasteiger partial charge in [0.25, 0.3) is 0 Å². The molecule has 0 spiro atoms. The van der Waals surface area contributed by atoms with Gasteiger partial charge in [-0.25, -0.2) is 4.68 Å². The molecular weight excluding hydrogens is 548 g/mol. The molecule has 9 nitrogen and oxygen atoms in total. The van der Waals surface area contributed by atoms with Gasteiger partial charge in [0.15, 0.2) is 0 Å². The summed E-state index contributed by atoms with van der Waals surface area (Å²) in [6, 6.07) is 19.7. The lowest BCUT2D eigenvalue weighted by Crippen LogP contribution is -2.41. The molecule has 6 rings (SSSR count). The number of hydrogen-bond donors (Lipinski definition) is 3. The van der Waals surface area contributed by atoms with Crippen LogP contribution in [0.3, 0.4) is 0 Å². The largest absolute Gasteiger partial charge is 0.388 e. The number of anilines is 2. The first-order chi connectivity index (χ1) is 20.5. The third-order valence-electron chi connectivity index (χ3n) is 7.90. The molecule has 2 aromatic carbocycles. The van der Waals surface area contributed by atoms with Gasteiger partial charge in [0, 0.05) is 29.7 Å². The molecule has 1 aliphatic carbocycles. The highest BCUT2D eigenvalue weighted by Gasteiger charge is 2.35. The van der Waals surface area contributed by atoms with Crippen LogP contribution in [0.4, 0.5) is 11.4 Å². The topological polar surface area (TPSA) is 125 Å². The van der Waals surface area contributed by atoms with E-state index >= 15 is 0 Å². The van der Waals surface area contributed by atoms with Crippen LogP contribution in [-0.4, -0.2) is 35.7 Å². The van der Waals surface area contributed by atoms with E-state index in [1.165, 1.54) is 0 Å². The molecule has 1 saturated carbocycles.